The Hall–Kier alpha value is -4.06. The lowest BCUT2D eigenvalue weighted by Crippen LogP contribution is -2.63. The second-order valence-electron chi connectivity index (χ2n) is 19.3. The van der Waals surface area contributed by atoms with Crippen molar-refractivity contribution in [2.45, 2.75) is 153 Å². The summed E-state index contributed by atoms with van der Waals surface area (Å²) in [5.74, 6) is -2.08. The molecule has 0 aromatic carbocycles. The van der Waals surface area contributed by atoms with Crippen molar-refractivity contribution in [3.8, 4) is 5.95 Å². The first-order valence-electron chi connectivity index (χ1n) is 24.6. The van der Waals surface area contributed by atoms with E-state index in [4.69, 9.17) is 42.7 Å². The van der Waals surface area contributed by atoms with E-state index >= 15 is 0 Å². The van der Waals surface area contributed by atoms with Crippen LogP contribution >= 0.6 is 0 Å². The Balaban J connectivity index is 1.32. The zero-order chi connectivity index (χ0) is 50.5. The number of allylic oxidation sites excluding steroid dienone is 3. The van der Waals surface area contributed by atoms with Crippen molar-refractivity contribution in [1.82, 2.24) is 24.6 Å². The lowest BCUT2D eigenvalue weighted by Gasteiger charge is -2.47. The Morgan fingerprint density at radius 3 is 2.43 bits per heavy atom. The largest absolute Gasteiger partial charge is 0.462 e. The molecule has 2 aromatic rings. The molecule has 3 fully saturated rings. The van der Waals surface area contributed by atoms with Gasteiger partial charge in [-0.15, -0.1) is 0 Å². The van der Waals surface area contributed by atoms with Gasteiger partial charge in [-0.05, 0) is 84.2 Å². The number of ketones is 1. The van der Waals surface area contributed by atoms with Gasteiger partial charge in [0.05, 0.1) is 68.9 Å². The molecule has 20 heteroatoms. The Labute approximate surface area is 411 Å². The molecule has 1 unspecified atom stereocenters. The molecule has 0 spiro atoms. The lowest BCUT2D eigenvalue weighted by atomic mass is 9.79. The van der Waals surface area contributed by atoms with Gasteiger partial charge in [0.1, 0.15) is 35.8 Å². The zero-order valence-electron chi connectivity index (χ0n) is 42.2. The van der Waals surface area contributed by atoms with Gasteiger partial charge in [-0.3, -0.25) is 9.59 Å². The summed E-state index contributed by atoms with van der Waals surface area (Å²) in [5.41, 5.74) is 1.77. The molecule has 2 saturated heterocycles. The normalized spacial score (nSPS) is 37.3. The number of esters is 1. The van der Waals surface area contributed by atoms with Gasteiger partial charge >= 0.3 is 5.97 Å². The van der Waals surface area contributed by atoms with Gasteiger partial charge < -0.3 is 63.0 Å². The number of carbonyl (C=O) groups is 2. The zero-order valence-corrected chi connectivity index (χ0v) is 42.2. The number of rotatable bonds is 13. The maximum atomic E-state index is 14.5. The number of hydrogen-bond acceptors (Lipinski definition) is 19. The van der Waals surface area contributed by atoms with Gasteiger partial charge in [-0.2, -0.15) is 5.10 Å². The molecule has 0 amide bonds. The van der Waals surface area contributed by atoms with Crippen LogP contribution in [0.25, 0.3) is 5.95 Å². The molecular weight excluding hydrogens is 909 g/mol. The molecule has 5 heterocycles. The molecule has 2 aromatic heterocycles. The SMILES string of the molecule is CC[C@H]1OC(=O)C[C@H]2OC/C(=N/OCc3ccn(-c4ncccn4)n3)COCCC(C[C@@H](C)C(=O)/C=C/C(C)=C/[C@@H]1CO[C@@H]1CC[C@@H](O)[C@@H](OC)[C@H]1OC)[C@H](O[C@@H]1O[C@H](C)[C@@H](O)[C@H](N(C)C)[C@H]1O)[C@H]2C. The number of methoxy groups -OCH3 is 2. The Morgan fingerprint density at radius 1 is 0.957 bits per heavy atom. The highest BCUT2D eigenvalue weighted by molar-refractivity contribution is 5.91. The minimum Gasteiger partial charge on any atom is -0.462 e. The number of ether oxygens (including phenoxy) is 8. The molecule has 1 saturated carbocycles. The van der Waals surface area contributed by atoms with E-state index in [9.17, 15) is 24.9 Å². The number of cyclic esters (lactones) is 1. The highest BCUT2D eigenvalue weighted by atomic mass is 16.7. The number of aliphatic hydroxyl groups is 3. The van der Waals surface area contributed by atoms with Crippen LogP contribution in [0.1, 0.15) is 78.8 Å². The van der Waals surface area contributed by atoms with E-state index in [1.807, 2.05) is 33.8 Å². The van der Waals surface area contributed by atoms with Crippen molar-refractivity contribution in [3.05, 3.63) is 60.2 Å². The molecule has 1 aliphatic carbocycles. The fourth-order valence-electron chi connectivity index (χ4n) is 9.99. The maximum absolute atomic E-state index is 14.5. The van der Waals surface area contributed by atoms with Gasteiger partial charge in [0.2, 0.25) is 5.95 Å². The van der Waals surface area contributed by atoms with Crippen molar-refractivity contribution in [2.75, 3.05) is 54.7 Å². The molecular formula is C50H76N6O14. The molecule has 0 radical (unpaired) electrons. The fraction of sp³-hybridized carbons (Fsp3) is 0.720. The number of nitrogens with zero attached hydrogens (tertiary/aromatic N) is 6. The number of aliphatic hydroxyl groups excluding tert-OH is 3. The van der Waals surface area contributed by atoms with Gasteiger partial charge in [-0.25, -0.2) is 14.6 Å². The van der Waals surface area contributed by atoms with Gasteiger partial charge in [0, 0.05) is 57.2 Å². The van der Waals surface area contributed by atoms with Gasteiger partial charge in [-0.1, -0.05) is 43.7 Å². The standard InChI is InChI=1S/C50H76N6O14/c1-10-39-34(25-65-40-15-14-38(58)47(62-8)48(40)63-9)22-29(2)12-13-37(57)30(3)23-33-17-21-64-26-36(54-67-28-35-16-20-56(53-35)50-51-18-11-19-52-50)27-66-41(24-42(59)69-39)31(4)46(33)70-49-45(61)43(55(6)7)44(60)32(5)68-49/h11-13,16,18-20,22,30-34,38-41,43-49,58,60-61H,10,14-15,17,21,23-28H2,1-9H3/b13-12+,29-22+,54-36+/t30-,31+,32-,33?,34-,38-,39-,40-,41-,43+,44-,45-,46-,47-,48+,49+/m1/s1. The minimum absolute atomic E-state index is 0.0254. The molecule has 16 atom stereocenters. The summed E-state index contributed by atoms with van der Waals surface area (Å²) >= 11 is 0. The van der Waals surface area contributed by atoms with Crippen LogP contribution < -0.4 is 0 Å². The first-order valence-corrected chi connectivity index (χ1v) is 24.6. The Morgan fingerprint density at radius 2 is 1.71 bits per heavy atom. The first-order chi connectivity index (χ1) is 33.6. The van der Waals surface area contributed by atoms with Crippen molar-refractivity contribution in [3.63, 3.8) is 0 Å². The summed E-state index contributed by atoms with van der Waals surface area (Å²) in [7, 11) is 6.64. The number of hydrogen-bond donors (Lipinski definition) is 3. The predicted octanol–water partition coefficient (Wildman–Crippen LogP) is 3.38. The molecule has 3 N–H and O–H groups in total. The summed E-state index contributed by atoms with van der Waals surface area (Å²) in [6, 6.07) is 2.78. The maximum Gasteiger partial charge on any atom is 0.308 e. The van der Waals surface area contributed by atoms with Crippen LogP contribution in [0, 0.1) is 23.7 Å². The first kappa shape index (κ1) is 55.3. The third kappa shape index (κ3) is 14.6. The molecule has 390 valence electrons. The van der Waals surface area contributed by atoms with Crippen LogP contribution in [0.4, 0.5) is 0 Å². The van der Waals surface area contributed by atoms with Gasteiger partial charge in [0.15, 0.2) is 18.7 Å². The molecule has 2 bridgehead atoms. The molecule has 70 heavy (non-hydrogen) atoms. The third-order valence-electron chi connectivity index (χ3n) is 14.0. The van der Waals surface area contributed by atoms with Gasteiger partial charge in [0.25, 0.3) is 0 Å². The van der Waals surface area contributed by atoms with Crippen molar-refractivity contribution >= 4 is 17.5 Å². The number of carbonyl (C=O) groups excluding carboxylic acids is 2. The van der Waals surface area contributed by atoms with Crippen molar-refractivity contribution in [1.29, 1.82) is 0 Å². The van der Waals surface area contributed by atoms with Crippen molar-refractivity contribution in [2.24, 2.45) is 28.8 Å². The number of aromatic nitrogens is 4. The Bertz CT molecular complexity index is 2040. The number of oxime groups is 1. The Kier molecular flexibility index (Phi) is 21.0. The second-order valence-corrected chi connectivity index (χ2v) is 19.3. The van der Waals surface area contributed by atoms with E-state index in [1.165, 1.54) is 11.8 Å². The van der Waals surface area contributed by atoms with Crippen LogP contribution in [0.3, 0.4) is 0 Å². The van der Waals surface area contributed by atoms with Crippen LogP contribution in [0.5, 0.6) is 0 Å². The van der Waals surface area contributed by atoms with Crippen molar-refractivity contribution < 1.29 is 67.6 Å². The smallest absolute Gasteiger partial charge is 0.308 e. The number of likely N-dealkylation sites (N-methyl/N-ethyl adjacent to an activating group) is 1. The third-order valence-corrected chi connectivity index (χ3v) is 14.0. The quantitative estimate of drug-likeness (QED) is 0.193. The van der Waals surface area contributed by atoms with E-state index < -0.39 is 97.1 Å². The summed E-state index contributed by atoms with van der Waals surface area (Å²) in [6.07, 6.45) is 3.70. The average Bonchev–Trinajstić information content (AvgIpc) is 3.82. The summed E-state index contributed by atoms with van der Waals surface area (Å²) in [4.78, 5) is 44.5. The van der Waals surface area contributed by atoms with Crippen LogP contribution in [0.15, 0.2) is 59.7 Å². The highest BCUT2D eigenvalue weighted by Crippen LogP contribution is 2.36. The van der Waals surface area contributed by atoms with E-state index in [0.29, 0.717) is 49.5 Å². The lowest BCUT2D eigenvalue weighted by molar-refractivity contribution is -0.305. The van der Waals surface area contributed by atoms with E-state index in [-0.39, 0.29) is 51.2 Å². The summed E-state index contributed by atoms with van der Waals surface area (Å²) in [6.45, 7) is 9.72. The minimum atomic E-state index is -1.26. The molecule has 20 nitrogen and oxygen atoms in total. The van der Waals surface area contributed by atoms with Crippen LogP contribution in [-0.4, -0.2) is 186 Å². The van der Waals surface area contributed by atoms with E-state index in [0.717, 1.165) is 5.57 Å². The van der Waals surface area contributed by atoms with Crippen LogP contribution in [0.2, 0.25) is 0 Å². The average molecular weight is 985 g/mol. The van der Waals surface area contributed by atoms with E-state index in [1.54, 1.807) is 75.9 Å². The monoisotopic (exact) mass is 985 g/mol. The van der Waals surface area contributed by atoms with Crippen LogP contribution in [-0.2, 0) is 58.9 Å². The predicted molar refractivity (Wildman–Crippen MR) is 254 cm³/mol. The fourth-order valence-corrected chi connectivity index (χ4v) is 9.99. The molecule has 3 aliphatic heterocycles. The topological polar surface area (TPSA) is 237 Å². The summed E-state index contributed by atoms with van der Waals surface area (Å²) in [5, 5.41) is 42.4. The highest BCUT2D eigenvalue weighted by Gasteiger charge is 2.48. The van der Waals surface area contributed by atoms with E-state index in [2.05, 4.69) is 20.2 Å². The second kappa shape index (κ2) is 26.6. The molecule has 6 rings (SSSR count). The molecule has 4 aliphatic rings. The summed E-state index contributed by atoms with van der Waals surface area (Å²) < 4.78 is 51.9. The number of fused-ring (bicyclic) bond motifs is 3.